The summed E-state index contributed by atoms with van der Waals surface area (Å²) in [5.41, 5.74) is 2.01. The van der Waals surface area contributed by atoms with E-state index in [0.717, 1.165) is 17.5 Å². The maximum Gasteiger partial charge on any atom is 0.270 e. The first-order chi connectivity index (χ1) is 12.9. The molecule has 144 valence electrons. The molecule has 6 nitrogen and oxygen atoms in total. The summed E-state index contributed by atoms with van der Waals surface area (Å²) in [4.78, 5) is 29.0. The van der Waals surface area contributed by atoms with Crippen LogP contribution in [0.15, 0.2) is 48.7 Å². The van der Waals surface area contributed by atoms with Crippen LogP contribution in [0.2, 0.25) is 0 Å². The van der Waals surface area contributed by atoms with Crippen molar-refractivity contribution in [1.82, 2.24) is 15.6 Å². The lowest BCUT2D eigenvalue weighted by Gasteiger charge is -2.21. The summed E-state index contributed by atoms with van der Waals surface area (Å²) in [6.45, 7) is 6.09. The first kappa shape index (κ1) is 20.6. The zero-order valence-electron chi connectivity index (χ0n) is 16.0. The average Bonchev–Trinajstić information content (AvgIpc) is 2.66. The van der Waals surface area contributed by atoms with Gasteiger partial charge in [0.2, 0.25) is 5.91 Å². The van der Waals surface area contributed by atoms with E-state index in [1.54, 1.807) is 12.3 Å². The van der Waals surface area contributed by atoms with E-state index >= 15 is 0 Å². The Morgan fingerprint density at radius 3 is 2.41 bits per heavy atom. The van der Waals surface area contributed by atoms with Gasteiger partial charge in [-0.25, -0.2) is 0 Å². The highest BCUT2D eigenvalue weighted by molar-refractivity contribution is 5.97. The number of rotatable bonds is 8. The van der Waals surface area contributed by atoms with Gasteiger partial charge in [-0.2, -0.15) is 0 Å². The van der Waals surface area contributed by atoms with Gasteiger partial charge in [-0.3, -0.25) is 14.6 Å². The molecule has 1 heterocycles. The van der Waals surface area contributed by atoms with Crippen LogP contribution >= 0.6 is 0 Å². The van der Waals surface area contributed by atoms with Crippen LogP contribution in [-0.4, -0.2) is 40.6 Å². The number of aliphatic hydroxyl groups excluding tert-OH is 1. The molecule has 2 atom stereocenters. The van der Waals surface area contributed by atoms with Crippen LogP contribution in [0.3, 0.4) is 0 Å². The zero-order valence-corrected chi connectivity index (χ0v) is 16.0. The van der Waals surface area contributed by atoms with Gasteiger partial charge in [-0.15, -0.1) is 0 Å². The number of hydrogen-bond acceptors (Lipinski definition) is 4. The topological polar surface area (TPSA) is 91.3 Å². The van der Waals surface area contributed by atoms with Crippen LogP contribution < -0.4 is 10.6 Å². The highest BCUT2D eigenvalue weighted by Gasteiger charge is 2.26. The molecule has 6 heteroatoms. The van der Waals surface area contributed by atoms with Crippen LogP contribution in [0.4, 0.5) is 0 Å². The Labute approximate surface area is 160 Å². The van der Waals surface area contributed by atoms with E-state index in [0.29, 0.717) is 12.5 Å². The fraction of sp³-hybridized carbons (Fsp3) is 0.381. The molecular weight excluding hydrogens is 342 g/mol. The summed E-state index contributed by atoms with van der Waals surface area (Å²) in [6.07, 6.45) is 1.36. The minimum absolute atomic E-state index is 0.192. The number of nitrogens with zero attached hydrogens (tertiary/aromatic N) is 1. The minimum Gasteiger partial charge on any atom is -0.391 e. The lowest BCUT2D eigenvalue weighted by Crippen LogP contribution is -2.52. The second-order valence-corrected chi connectivity index (χ2v) is 6.96. The number of benzene rings is 1. The highest BCUT2D eigenvalue weighted by Crippen LogP contribution is 2.18. The van der Waals surface area contributed by atoms with Crippen molar-refractivity contribution in [3.05, 3.63) is 54.4 Å². The van der Waals surface area contributed by atoms with Gasteiger partial charge in [0.15, 0.2) is 0 Å². The number of aromatic nitrogens is 1. The number of carbonyl (C=O) groups excluding carboxylic acids is 2. The quantitative estimate of drug-likeness (QED) is 0.666. The van der Waals surface area contributed by atoms with Gasteiger partial charge < -0.3 is 15.7 Å². The van der Waals surface area contributed by atoms with Gasteiger partial charge in [0.1, 0.15) is 11.7 Å². The molecule has 0 fully saturated rings. The normalized spacial score (nSPS) is 13.1. The summed E-state index contributed by atoms with van der Waals surface area (Å²) < 4.78 is 0. The molecule has 3 N–H and O–H groups in total. The van der Waals surface area contributed by atoms with Crippen molar-refractivity contribution in [2.75, 3.05) is 6.54 Å². The highest BCUT2D eigenvalue weighted by atomic mass is 16.3. The van der Waals surface area contributed by atoms with Gasteiger partial charge in [-0.05, 0) is 42.5 Å². The maximum absolute atomic E-state index is 12.6. The molecule has 0 saturated carbocycles. The fourth-order valence-corrected chi connectivity index (χ4v) is 2.58. The van der Waals surface area contributed by atoms with Gasteiger partial charge in [0.05, 0.1) is 6.10 Å². The van der Waals surface area contributed by atoms with Crippen molar-refractivity contribution in [2.24, 2.45) is 5.92 Å². The first-order valence-electron chi connectivity index (χ1n) is 9.16. The molecular formula is C21H27N3O3. The predicted molar refractivity (Wildman–Crippen MR) is 105 cm³/mol. The molecule has 0 unspecified atom stereocenters. The van der Waals surface area contributed by atoms with E-state index in [-0.39, 0.29) is 5.69 Å². The van der Waals surface area contributed by atoms with Crippen LogP contribution in [0, 0.1) is 5.92 Å². The van der Waals surface area contributed by atoms with Crippen LogP contribution in [0.1, 0.15) is 37.7 Å². The monoisotopic (exact) mass is 369 g/mol. The fourth-order valence-electron chi connectivity index (χ4n) is 2.58. The van der Waals surface area contributed by atoms with Gasteiger partial charge in [0, 0.05) is 12.7 Å². The molecule has 1 aromatic heterocycles. The van der Waals surface area contributed by atoms with Gasteiger partial charge in [-0.1, -0.05) is 44.2 Å². The summed E-state index contributed by atoms with van der Waals surface area (Å²) in [7, 11) is 0. The average molecular weight is 369 g/mol. The van der Waals surface area contributed by atoms with Crippen molar-refractivity contribution in [1.29, 1.82) is 0 Å². The van der Waals surface area contributed by atoms with E-state index in [1.807, 2.05) is 36.4 Å². The number of pyridine rings is 1. The molecule has 0 spiro atoms. The second-order valence-electron chi connectivity index (χ2n) is 6.96. The van der Waals surface area contributed by atoms with Crippen LogP contribution in [-0.2, 0) is 4.79 Å². The predicted octanol–water partition coefficient (Wildman–Crippen LogP) is 2.39. The molecule has 2 aromatic rings. The lowest BCUT2D eigenvalue weighted by atomic mass is 10.1. The van der Waals surface area contributed by atoms with Crippen molar-refractivity contribution in [3.8, 4) is 11.1 Å². The molecule has 0 bridgehead atoms. The third kappa shape index (κ3) is 6.18. The summed E-state index contributed by atoms with van der Waals surface area (Å²) in [5, 5.41) is 15.3. The molecule has 0 saturated heterocycles. The number of nitrogens with one attached hydrogen (secondary N) is 2. The van der Waals surface area contributed by atoms with Crippen molar-refractivity contribution in [2.45, 2.75) is 39.3 Å². The Morgan fingerprint density at radius 1 is 1.07 bits per heavy atom. The van der Waals surface area contributed by atoms with Crippen LogP contribution in [0.25, 0.3) is 11.1 Å². The molecule has 2 amide bonds. The largest absolute Gasteiger partial charge is 0.391 e. The van der Waals surface area contributed by atoms with Gasteiger partial charge in [0.25, 0.3) is 5.91 Å². The third-order valence-corrected chi connectivity index (χ3v) is 4.17. The SMILES string of the molecule is CC(C)CCNC(=O)[C@@H](NC(=O)c1cc(-c2ccccc2)ccn1)[C@@H](C)O. The van der Waals surface area contributed by atoms with Crippen LogP contribution in [0.5, 0.6) is 0 Å². The Hall–Kier alpha value is -2.73. The standard InChI is InChI=1S/C21H27N3O3/c1-14(2)9-11-23-21(27)19(15(3)25)24-20(26)18-13-17(10-12-22-18)16-7-5-4-6-8-16/h4-8,10,12-15,19,25H,9,11H2,1-3H3,(H,23,27)(H,24,26)/t15-,19+/m1/s1. The summed E-state index contributed by atoms with van der Waals surface area (Å²) in [5.74, 6) is -0.453. The van der Waals surface area contributed by atoms with Crippen molar-refractivity contribution >= 4 is 11.8 Å². The molecule has 0 aliphatic carbocycles. The first-order valence-corrected chi connectivity index (χ1v) is 9.16. The minimum atomic E-state index is -1.04. The molecule has 0 radical (unpaired) electrons. The lowest BCUT2D eigenvalue weighted by molar-refractivity contribution is -0.125. The second kappa shape index (κ2) is 9.83. The third-order valence-electron chi connectivity index (χ3n) is 4.17. The number of aliphatic hydroxyl groups is 1. The Kier molecular flexibility index (Phi) is 7.49. The molecule has 0 aliphatic rings. The molecule has 0 aliphatic heterocycles. The zero-order chi connectivity index (χ0) is 19.8. The van der Waals surface area contributed by atoms with E-state index in [2.05, 4.69) is 29.5 Å². The smallest absolute Gasteiger partial charge is 0.270 e. The van der Waals surface area contributed by atoms with E-state index in [9.17, 15) is 14.7 Å². The molecule has 2 rings (SSSR count). The van der Waals surface area contributed by atoms with Gasteiger partial charge >= 0.3 is 0 Å². The Balaban J connectivity index is 2.08. The Bertz CT molecular complexity index is 760. The van der Waals surface area contributed by atoms with E-state index < -0.39 is 24.0 Å². The summed E-state index contributed by atoms with van der Waals surface area (Å²) >= 11 is 0. The van der Waals surface area contributed by atoms with E-state index in [4.69, 9.17) is 0 Å². The van der Waals surface area contributed by atoms with Crippen molar-refractivity contribution < 1.29 is 14.7 Å². The number of carbonyl (C=O) groups is 2. The maximum atomic E-state index is 12.6. The number of amides is 2. The molecule has 27 heavy (non-hydrogen) atoms. The molecule has 1 aromatic carbocycles. The van der Waals surface area contributed by atoms with E-state index in [1.165, 1.54) is 6.92 Å². The number of hydrogen-bond donors (Lipinski definition) is 3. The Morgan fingerprint density at radius 2 is 1.78 bits per heavy atom. The van der Waals surface area contributed by atoms with Crippen molar-refractivity contribution in [3.63, 3.8) is 0 Å². The summed E-state index contributed by atoms with van der Waals surface area (Å²) in [6, 6.07) is 12.1.